The second kappa shape index (κ2) is 9.40. The molecule has 2 rings (SSSR count). The van der Waals surface area contributed by atoms with E-state index >= 15 is 0 Å². The van der Waals surface area contributed by atoms with E-state index in [0.29, 0.717) is 18.9 Å². The lowest BCUT2D eigenvalue weighted by molar-refractivity contribution is -0.301. The van der Waals surface area contributed by atoms with E-state index in [-0.39, 0.29) is 6.04 Å². The minimum atomic E-state index is -1.38. The molecule has 0 aromatic carbocycles. The lowest BCUT2D eigenvalue weighted by atomic mass is 9.83. The molecule has 10 nitrogen and oxygen atoms in total. The Morgan fingerprint density at radius 3 is 2.22 bits per heavy atom. The van der Waals surface area contributed by atoms with Gasteiger partial charge in [0.15, 0.2) is 6.29 Å². The number of nitrogens with one attached hydrogen (secondary N) is 1. The van der Waals surface area contributed by atoms with Crippen LogP contribution in [0, 0.1) is 5.92 Å². The van der Waals surface area contributed by atoms with Crippen LogP contribution in [0.5, 0.6) is 0 Å². The van der Waals surface area contributed by atoms with Crippen molar-refractivity contribution in [2.45, 2.75) is 94.3 Å². The van der Waals surface area contributed by atoms with Crippen molar-refractivity contribution in [1.82, 2.24) is 5.32 Å². The summed E-state index contributed by atoms with van der Waals surface area (Å²) < 4.78 is 11.2. The van der Waals surface area contributed by atoms with Gasteiger partial charge in [0.2, 0.25) is 0 Å². The lowest BCUT2D eigenvalue weighted by Crippen LogP contribution is -2.68. The standard InChI is InChI=1S/C17H35N3O7/c1-6(2)5-20-9-4-8(18)16(13(24)11(9)22)27-17-10(19)12(23)14(25)15(26-17)7(3)21/h6-17,20-25H,4-5,18-19H2,1-3H3/t7?,8?,9?,10-,11+,12?,13?,14-,15?,16+,17+/m0/s1. The maximum atomic E-state index is 10.5. The smallest absolute Gasteiger partial charge is 0.176 e. The van der Waals surface area contributed by atoms with Crippen LogP contribution >= 0.6 is 0 Å². The monoisotopic (exact) mass is 393 g/mol. The van der Waals surface area contributed by atoms with Crippen molar-refractivity contribution in [3.05, 3.63) is 0 Å². The minimum absolute atomic E-state index is 0.364. The van der Waals surface area contributed by atoms with Crippen molar-refractivity contribution in [3.63, 3.8) is 0 Å². The molecular weight excluding hydrogens is 358 g/mol. The Hall–Kier alpha value is -0.400. The molecule has 0 spiro atoms. The van der Waals surface area contributed by atoms with E-state index in [1.807, 2.05) is 13.8 Å². The Balaban J connectivity index is 2.05. The SMILES string of the molecule is CC(C)CNC1CC(N)[C@@H](O[C@H]2OC(C(C)O)[C@@H](O)C(O)[C@@H]2N)C(O)[C@@H]1O. The van der Waals surface area contributed by atoms with Crippen LogP contribution in [0.15, 0.2) is 0 Å². The number of hydrogen-bond donors (Lipinski definition) is 8. The number of aliphatic hydroxyl groups is 5. The molecule has 11 atom stereocenters. The summed E-state index contributed by atoms with van der Waals surface area (Å²) in [7, 11) is 0. The zero-order chi connectivity index (χ0) is 20.5. The minimum Gasteiger partial charge on any atom is -0.391 e. The molecule has 1 saturated carbocycles. The average molecular weight is 393 g/mol. The highest BCUT2D eigenvalue weighted by Crippen LogP contribution is 2.28. The van der Waals surface area contributed by atoms with Crippen LogP contribution in [0.4, 0.5) is 0 Å². The second-order valence-electron chi connectivity index (χ2n) is 8.16. The highest BCUT2D eigenvalue weighted by Gasteiger charge is 2.49. The van der Waals surface area contributed by atoms with Crippen LogP contribution in [-0.2, 0) is 9.47 Å². The van der Waals surface area contributed by atoms with Gasteiger partial charge in [-0.05, 0) is 25.8 Å². The van der Waals surface area contributed by atoms with Gasteiger partial charge in [0.05, 0.1) is 18.2 Å². The van der Waals surface area contributed by atoms with Gasteiger partial charge in [0.25, 0.3) is 0 Å². The predicted octanol–water partition coefficient (Wildman–Crippen LogP) is -3.41. The maximum Gasteiger partial charge on any atom is 0.176 e. The van der Waals surface area contributed by atoms with Crippen LogP contribution < -0.4 is 16.8 Å². The summed E-state index contributed by atoms with van der Waals surface area (Å²) in [6.45, 7) is 6.14. The number of hydrogen-bond acceptors (Lipinski definition) is 10. The van der Waals surface area contributed by atoms with Crippen LogP contribution in [0.2, 0.25) is 0 Å². The van der Waals surface area contributed by atoms with E-state index in [1.54, 1.807) is 0 Å². The number of nitrogens with two attached hydrogens (primary N) is 2. The summed E-state index contributed by atoms with van der Waals surface area (Å²) >= 11 is 0. The summed E-state index contributed by atoms with van der Waals surface area (Å²) in [5.41, 5.74) is 12.0. The molecule has 1 saturated heterocycles. The van der Waals surface area contributed by atoms with Crippen molar-refractivity contribution in [2.75, 3.05) is 6.54 Å². The van der Waals surface area contributed by atoms with Crippen molar-refractivity contribution in [3.8, 4) is 0 Å². The normalized spacial score (nSPS) is 47.2. The van der Waals surface area contributed by atoms with Gasteiger partial charge in [-0.2, -0.15) is 0 Å². The fourth-order valence-corrected chi connectivity index (χ4v) is 3.61. The Morgan fingerprint density at radius 1 is 1.04 bits per heavy atom. The fourth-order valence-electron chi connectivity index (χ4n) is 3.61. The van der Waals surface area contributed by atoms with Crippen LogP contribution in [0.25, 0.3) is 0 Å². The first kappa shape index (κ1) is 22.9. The Bertz CT molecular complexity index is 470. The first-order valence-corrected chi connectivity index (χ1v) is 9.50. The molecule has 0 bridgehead atoms. The summed E-state index contributed by atoms with van der Waals surface area (Å²) in [4.78, 5) is 0. The van der Waals surface area contributed by atoms with Gasteiger partial charge in [-0.25, -0.2) is 0 Å². The largest absolute Gasteiger partial charge is 0.391 e. The molecule has 0 aromatic heterocycles. The van der Waals surface area contributed by atoms with Crippen molar-refractivity contribution >= 4 is 0 Å². The number of rotatable bonds is 6. The summed E-state index contributed by atoms with van der Waals surface area (Å²) in [5.74, 6) is 0.374. The van der Waals surface area contributed by atoms with E-state index in [9.17, 15) is 25.5 Å². The van der Waals surface area contributed by atoms with E-state index in [4.69, 9.17) is 20.9 Å². The fraction of sp³-hybridized carbons (Fsp3) is 1.00. The third-order valence-electron chi connectivity index (χ3n) is 5.29. The molecule has 160 valence electrons. The quantitative estimate of drug-likeness (QED) is 0.226. The van der Waals surface area contributed by atoms with Crippen molar-refractivity contribution in [1.29, 1.82) is 0 Å². The van der Waals surface area contributed by atoms with Gasteiger partial charge < -0.3 is 51.8 Å². The van der Waals surface area contributed by atoms with Crippen molar-refractivity contribution in [2.24, 2.45) is 17.4 Å². The summed E-state index contributed by atoms with van der Waals surface area (Å²) in [5, 5.41) is 54.0. The molecule has 2 aliphatic rings. The maximum absolute atomic E-state index is 10.5. The van der Waals surface area contributed by atoms with Gasteiger partial charge in [0.1, 0.15) is 30.5 Å². The second-order valence-corrected chi connectivity index (χ2v) is 8.16. The highest BCUT2D eigenvalue weighted by molar-refractivity contribution is 5.00. The van der Waals surface area contributed by atoms with Gasteiger partial charge in [-0.1, -0.05) is 13.8 Å². The molecule has 0 amide bonds. The average Bonchev–Trinajstić information content (AvgIpc) is 2.59. The lowest BCUT2D eigenvalue weighted by Gasteiger charge is -2.47. The number of ether oxygens (including phenoxy) is 2. The van der Waals surface area contributed by atoms with Crippen LogP contribution in [0.1, 0.15) is 27.2 Å². The van der Waals surface area contributed by atoms with Crippen molar-refractivity contribution < 1.29 is 35.0 Å². The zero-order valence-corrected chi connectivity index (χ0v) is 16.0. The third kappa shape index (κ3) is 5.15. The molecule has 6 unspecified atom stereocenters. The van der Waals surface area contributed by atoms with E-state index in [0.717, 1.165) is 0 Å². The molecule has 1 aliphatic heterocycles. The molecular formula is C17H35N3O7. The summed E-state index contributed by atoms with van der Waals surface area (Å²) in [6, 6.07) is -2.10. The Labute approximate surface area is 159 Å². The van der Waals surface area contributed by atoms with Gasteiger partial charge in [-0.15, -0.1) is 0 Å². The van der Waals surface area contributed by atoms with E-state index in [1.165, 1.54) is 6.92 Å². The molecule has 1 heterocycles. The van der Waals surface area contributed by atoms with Gasteiger partial charge in [-0.3, -0.25) is 0 Å². The number of aliphatic hydroxyl groups excluding tert-OH is 5. The first-order chi connectivity index (χ1) is 12.5. The molecule has 0 radical (unpaired) electrons. The van der Waals surface area contributed by atoms with Crippen LogP contribution in [-0.4, -0.2) is 99.2 Å². The summed E-state index contributed by atoms with van der Waals surface area (Å²) in [6.07, 6.45) is -9.15. The molecule has 0 aromatic rings. The predicted molar refractivity (Wildman–Crippen MR) is 96.4 cm³/mol. The van der Waals surface area contributed by atoms with Gasteiger partial charge >= 0.3 is 0 Å². The Kier molecular flexibility index (Phi) is 7.97. The molecule has 10 heteroatoms. The topological polar surface area (TPSA) is 184 Å². The highest BCUT2D eigenvalue weighted by atomic mass is 16.7. The zero-order valence-electron chi connectivity index (χ0n) is 16.0. The van der Waals surface area contributed by atoms with E-state index in [2.05, 4.69) is 5.32 Å². The molecule has 27 heavy (non-hydrogen) atoms. The van der Waals surface area contributed by atoms with Gasteiger partial charge in [0, 0.05) is 12.1 Å². The third-order valence-corrected chi connectivity index (χ3v) is 5.29. The molecule has 2 fully saturated rings. The molecule has 1 aliphatic carbocycles. The Morgan fingerprint density at radius 2 is 1.67 bits per heavy atom. The van der Waals surface area contributed by atoms with Crippen LogP contribution in [0.3, 0.4) is 0 Å². The first-order valence-electron chi connectivity index (χ1n) is 9.50. The molecule has 10 N–H and O–H groups in total. The van der Waals surface area contributed by atoms with E-state index < -0.39 is 61.1 Å².